The normalized spacial score (nSPS) is 11.1. The van der Waals surface area contributed by atoms with Gasteiger partial charge in [0.15, 0.2) is 5.78 Å². The largest absolute Gasteiger partial charge is 0.469 e. The van der Waals surface area contributed by atoms with Crippen LogP contribution in [0, 0.1) is 0 Å². The maximum absolute atomic E-state index is 11.4. The molecular formula is C12H10Cl2O3. The minimum atomic E-state index is -0.602. The van der Waals surface area contributed by atoms with Crippen LogP contribution in [-0.2, 0) is 14.3 Å². The van der Waals surface area contributed by atoms with Crippen molar-refractivity contribution in [2.45, 2.75) is 6.42 Å². The molecule has 5 heteroatoms. The lowest BCUT2D eigenvalue weighted by Gasteiger charge is -2.01. The van der Waals surface area contributed by atoms with Crippen LogP contribution in [0.4, 0.5) is 0 Å². The molecule has 1 aromatic carbocycles. The highest BCUT2D eigenvalue weighted by molar-refractivity contribution is 6.52. The van der Waals surface area contributed by atoms with E-state index < -0.39 is 11.8 Å². The summed E-state index contributed by atoms with van der Waals surface area (Å²) in [5.74, 6) is -1.03. The highest BCUT2D eigenvalue weighted by atomic mass is 35.5. The number of methoxy groups -OCH3 is 1. The molecule has 0 aliphatic carbocycles. The van der Waals surface area contributed by atoms with Gasteiger partial charge in [-0.15, -0.1) is 0 Å². The van der Waals surface area contributed by atoms with Crippen molar-refractivity contribution in [3.05, 3.63) is 40.9 Å². The van der Waals surface area contributed by atoms with Gasteiger partial charge in [-0.3, -0.25) is 9.59 Å². The molecule has 90 valence electrons. The fraction of sp³-hybridized carbons (Fsp3) is 0.167. The van der Waals surface area contributed by atoms with Gasteiger partial charge in [-0.1, -0.05) is 41.4 Å². The van der Waals surface area contributed by atoms with Gasteiger partial charge in [0.1, 0.15) is 6.42 Å². The van der Waals surface area contributed by atoms with Gasteiger partial charge in [-0.25, -0.2) is 0 Å². The summed E-state index contributed by atoms with van der Waals surface area (Å²) in [6.07, 6.45) is 0.830. The van der Waals surface area contributed by atoms with E-state index in [4.69, 9.17) is 23.2 Å². The maximum Gasteiger partial charge on any atom is 0.313 e. The zero-order valence-electron chi connectivity index (χ0n) is 9.07. The van der Waals surface area contributed by atoms with Gasteiger partial charge in [0.05, 0.1) is 12.1 Å². The lowest BCUT2D eigenvalue weighted by atomic mass is 10.1. The van der Waals surface area contributed by atoms with Crippen molar-refractivity contribution < 1.29 is 14.3 Å². The summed E-state index contributed by atoms with van der Waals surface area (Å²) in [6, 6.07) is 6.86. The first kappa shape index (κ1) is 13.7. The smallest absolute Gasteiger partial charge is 0.313 e. The number of ketones is 1. The average molecular weight is 273 g/mol. The lowest BCUT2D eigenvalue weighted by molar-refractivity contribution is -0.142. The number of ether oxygens (including phenoxy) is 1. The van der Waals surface area contributed by atoms with Crippen molar-refractivity contribution >= 4 is 40.0 Å². The molecule has 1 rings (SSSR count). The third-order valence-corrected chi connectivity index (χ3v) is 2.61. The minimum Gasteiger partial charge on any atom is -0.469 e. The predicted octanol–water partition coefficient (Wildman–Crippen LogP) is 3.05. The number of hydrogen-bond donors (Lipinski definition) is 0. The van der Waals surface area contributed by atoms with Crippen molar-refractivity contribution in [1.29, 1.82) is 0 Å². The fourth-order valence-corrected chi connectivity index (χ4v) is 1.71. The van der Waals surface area contributed by atoms with E-state index in [9.17, 15) is 9.59 Å². The van der Waals surface area contributed by atoms with Crippen molar-refractivity contribution in [3.8, 4) is 0 Å². The topological polar surface area (TPSA) is 43.4 Å². The zero-order valence-corrected chi connectivity index (χ0v) is 10.6. The van der Waals surface area contributed by atoms with E-state index in [1.54, 1.807) is 24.3 Å². The van der Waals surface area contributed by atoms with E-state index in [1.807, 2.05) is 0 Å². The predicted molar refractivity (Wildman–Crippen MR) is 66.9 cm³/mol. The first-order valence-corrected chi connectivity index (χ1v) is 5.52. The van der Waals surface area contributed by atoms with Crippen LogP contribution in [-0.4, -0.2) is 18.9 Å². The molecule has 0 aliphatic rings. The van der Waals surface area contributed by atoms with Crippen LogP contribution in [0.5, 0.6) is 0 Å². The summed E-state index contributed by atoms with van der Waals surface area (Å²) in [5, 5.41) is 0.643. The van der Waals surface area contributed by atoms with Crippen molar-refractivity contribution in [2.24, 2.45) is 0 Å². The van der Waals surface area contributed by atoms with Gasteiger partial charge in [-0.05, 0) is 6.07 Å². The fourth-order valence-electron chi connectivity index (χ4n) is 1.14. The molecule has 0 amide bonds. The van der Waals surface area contributed by atoms with Crippen LogP contribution >= 0.6 is 23.2 Å². The first-order chi connectivity index (χ1) is 8.04. The van der Waals surface area contributed by atoms with E-state index in [1.165, 1.54) is 13.2 Å². The molecule has 0 saturated carbocycles. The molecule has 0 N–H and O–H groups in total. The summed E-state index contributed by atoms with van der Waals surface area (Å²) >= 11 is 11.8. The van der Waals surface area contributed by atoms with Crippen LogP contribution in [0.15, 0.2) is 30.3 Å². The van der Waals surface area contributed by atoms with Gasteiger partial charge in [-0.2, -0.15) is 0 Å². The quantitative estimate of drug-likeness (QED) is 0.481. The van der Waals surface area contributed by atoms with Crippen molar-refractivity contribution in [2.75, 3.05) is 7.11 Å². The number of carbonyl (C=O) groups is 2. The van der Waals surface area contributed by atoms with Crippen LogP contribution in [0.3, 0.4) is 0 Å². The Labute approximate surface area is 109 Å². The average Bonchev–Trinajstić information content (AvgIpc) is 2.29. The molecule has 0 bridgehead atoms. The zero-order chi connectivity index (χ0) is 12.8. The summed E-state index contributed by atoms with van der Waals surface area (Å²) < 4.78 is 4.37. The molecule has 0 aliphatic heterocycles. The second-order valence-corrected chi connectivity index (χ2v) is 4.01. The molecule has 1 aromatic rings. The Bertz CT molecular complexity index is 467. The third kappa shape index (κ3) is 4.21. The molecule has 0 heterocycles. The number of hydrogen-bond acceptors (Lipinski definition) is 3. The summed E-state index contributed by atoms with van der Waals surface area (Å²) in [4.78, 5) is 22.3. The number of rotatable bonds is 4. The van der Waals surface area contributed by atoms with Gasteiger partial charge >= 0.3 is 5.97 Å². The van der Waals surface area contributed by atoms with E-state index in [0.717, 1.165) is 0 Å². The summed E-state index contributed by atoms with van der Waals surface area (Å²) in [6.45, 7) is 0. The minimum absolute atomic E-state index is 0.199. The Morgan fingerprint density at radius 3 is 2.59 bits per heavy atom. The maximum atomic E-state index is 11.4. The lowest BCUT2D eigenvalue weighted by Crippen LogP contribution is -2.07. The van der Waals surface area contributed by atoms with Crippen molar-refractivity contribution in [3.63, 3.8) is 0 Å². The number of benzene rings is 1. The molecule has 0 spiro atoms. The molecule has 0 unspecified atom stereocenters. The number of esters is 1. The second-order valence-electron chi connectivity index (χ2n) is 3.19. The SMILES string of the molecule is COC(=O)CC(=O)C=C(Cl)c1ccccc1Cl. The Hall–Kier alpha value is -1.32. The van der Waals surface area contributed by atoms with Crippen LogP contribution in [0.2, 0.25) is 5.02 Å². The van der Waals surface area contributed by atoms with Gasteiger partial charge in [0, 0.05) is 16.7 Å². The molecule has 0 radical (unpaired) electrons. The van der Waals surface area contributed by atoms with E-state index >= 15 is 0 Å². The Balaban J connectivity index is 2.83. The molecule has 0 aromatic heterocycles. The summed E-state index contributed by atoms with van der Waals surface area (Å²) in [7, 11) is 1.22. The monoisotopic (exact) mass is 272 g/mol. The van der Waals surface area contributed by atoms with E-state index in [2.05, 4.69) is 4.74 Å². The van der Waals surface area contributed by atoms with E-state index in [0.29, 0.717) is 10.6 Å². The molecule has 0 saturated heterocycles. The standard InChI is InChI=1S/C12H10Cl2O3/c1-17-12(16)7-8(15)6-11(14)9-4-2-3-5-10(9)13/h2-6H,7H2,1H3. The molecular weight excluding hydrogens is 263 g/mol. The number of allylic oxidation sites excluding steroid dienone is 1. The van der Waals surface area contributed by atoms with E-state index in [-0.39, 0.29) is 11.5 Å². The van der Waals surface area contributed by atoms with Gasteiger partial charge < -0.3 is 4.74 Å². The molecule has 3 nitrogen and oxygen atoms in total. The van der Waals surface area contributed by atoms with Crippen LogP contribution in [0.25, 0.3) is 5.03 Å². The van der Waals surface area contributed by atoms with Crippen molar-refractivity contribution in [1.82, 2.24) is 0 Å². The first-order valence-electron chi connectivity index (χ1n) is 4.76. The highest BCUT2D eigenvalue weighted by Gasteiger charge is 2.10. The number of carbonyl (C=O) groups excluding carboxylic acids is 2. The molecule has 0 atom stereocenters. The molecule has 0 fully saturated rings. The number of halogens is 2. The third-order valence-electron chi connectivity index (χ3n) is 1.97. The van der Waals surface area contributed by atoms with Gasteiger partial charge in [0.25, 0.3) is 0 Å². The summed E-state index contributed by atoms with van der Waals surface area (Å²) in [5.41, 5.74) is 0.550. The Morgan fingerprint density at radius 1 is 1.35 bits per heavy atom. The Kier molecular flexibility index (Phi) is 5.19. The highest BCUT2D eigenvalue weighted by Crippen LogP contribution is 2.26. The molecule has 17 heavy (non-hydrogen) atoms. The Morgan fingerprint density at radius 2 is 2.00 bits per heavy atom. The van der Waals surface area contributed by atoms with Gasteiger partial charge in [0.2, 0.25) is 0 Å². The van der Waals surface area contributed by atoms with Crippen LogP contribution < -0.4 is 0 Å². The second kappa shape index (κ2) is 6.42. The van der Waals surface area contributed by atoms with Crippen LogP contribution in [0.1, 0.15) is 12.0 Å².